The van der Waals surface area contributed by atoms with Gasteiger partial charge in [-0.05, 0) is 55.2 Å². The Hall–Kier alpha value is -5.17. The van der Waals surface area contributed by atoms with Gasteiger partial charge in [0.05, 0.1) is 36.9 Å². The quantitative estimate of drug-likeness (QED) is 0.187. The van der Waals surface area contributed by atoms with Gasteiger partial charge in [0.2, 0.25) is 5.88 Å². The fourth-order valence-electron chi connectivity index (χ4n) is 6.07. The van der Waals surface area contributed by atoms with E-state index in [0.717, 1.165) is 41.8 Å². The number of ether oxygens (including phenoxy) is 4. The number of carbonyl (C=O) groups excluding carboxylic acids is 1. The summed E-state index contributed by atoms with van der Waals surface area (Å²) in [6.07, 6.45) is 3.49. The molecule has 2 aliphatic heterocycles. The van der Waals surface area contributed by atoms with Gasteiger partial charge in [0.1, 0.15) is 35.3 Å². The highest BCUT2D eigenvalue weighted by molar-refractivity contribution is 5.98. The number of nitrogens with zero attached hydrogens (tertiary/aromatic N) is 4. The fraction of sp³-hybridized carbons (Fsp3) is 0.294. The molecule has 0 radical (unpaired) electrons. The number of hydrogen-bond donors (Lipinski definition) is 0. The molecule has 1 atom stereocenters. The van der Waals surface area contributed by atoms with Crippen LogP contribution < -0.4 is 19.8 Å². The average molecular weight is 647 g/mol. The topological polar surface area (TPSA) is 107 Å². The summed E-state index contributed by atoms with van der Waals surface area (Å²) in [4.78, 5) is 35.6. The minimum atomic E-state index is -0.793. The molecule has 47 heavy (non-hydrogen) atoms. The number of rotatable bonds is 9. The Morgan fingerprint density at radius 2 is 1.87 bits per heavy atom. The number of methoxy groups -OCH3 is 1. The molecule has 0 spiro atoms. The molecule has 13 heteroatoms. The molecular weight excluding hydrogens is 617 g/mol. The van der Waals surface area contributed by atoms with Gasteiger partial charge in [0.25, 0.3) is 5.56 Å². The van der Waals surface area contributed by atoms with Gasteiger partial charge >= 0.3 is 0 Å². The van der Waals surface area contributed by atoms with E-state index < -0.39 is 28.8 Å². The maximum absolute atomic E-state index is 15.4. The molecule has 7 rings (SSSR count). The van der Waals surface area contributed by atoms with Gasteiger partial charge in [-0.3, -0.25) is 14.3 Å². The largest absolute Gasteiger partial charge is 0.493 e. The third-order valence-corrected chi connectivity index (χ3v) is 8.33. The number of carbonyl (C=O) groups is 1. The molecule has 0 amide bonds. The highest BCUT2D eigenvalue weighted by Crippen LogP contribution is 2.37. The molecule has 4 heterocycles. The number of Topliss-reactive ketones (excluding diaryl/α,β-unsaturated/α-hetero) is 1. The van der Waals surface area contributed by atoms with E-state index in [9.17, 15) is 18.4 Å². The molecule has 0 N–H and O–H groups in total. The van der Waals surface area contributed by atoms with Crippen molar-refractivity contribution in [2.24, 2.45) is 0 Å². The zero-order valence-corrected chi connectivity index (χ0v) is 25.3. The van der Waals surface area contributed by atoms with Crippen LogP contribution in [0, 0.1) is 17.5 Å². The van der Waals surface area contributed by atoms with Gasteiger partial charge in [0, 0.05) is 31.5 Å². The van der Waals surface area contributed by atoms with Crippen LogP contribution in [0.15, 0.2) is 59.7 Å². The van der Waals surface area contributed by atoms with Gasteiger partial charge in [-0.1, -0.05) is 6.07 Å². The molecule has 3 aromatic carbocycles. The molecule has 242 valence electrons. The Bertz CT molecular complexity index is 2070. The fourth-order valence-corrected chi connectivity index (χ4v) is 6.07. The van der Waals surface area contributed by atoms with Gasteiger partial charge in [-0.25, -0.2) is 27.8 Å². The predicted molar refractivity (Wildman–Crippen MR) is 163 cm³/mol. The van der Waals surface area contributed by atoms with Crippen molar-refractivity contribution in [3.63, 3.8) is 0 Å². The summed E-state index contributed by atoms with van der Waals surface area (Å²) < 4.78 is 69.5. The summed E-state index contributed by atoms with van der Waals surface area (Å²) in [6, 6.07) is 10.2. The van der Waals surface area contributed by atoms with E-state index in [1.807, 2.05) is 0 Å². The van der Waals surface area contributed by atoms with Crippen molar-refractivity contribution in [2.45, 2.75) is 44.8 Å². The van der Waals surface area contributed by atoms with Crippen LogP contribution >= 0.6 is 0 Å². The van der Waals surface area contributed by atoms with Crippen molar-refractivity contribution >= 4 is 16.7 Å². The van der Waals surface area contributed by atoms with E-state index in [0.29, 0.717) is 66.3 Å². The summed E-state index contributed by atoms with van der Waals surface area (Å²) >= 11 is 0. The van der Waals surface area contributed by atoms with Gasteiger partial charge in [0.15, 0.2) is 28.8 Å². The number of hydrogen-bond acceptors (Lipinski definition) is 8. The standard InChI is InChI=1S/C34H29F3N4O6/c1-44-30-15-22-25(16-31(30)46-21-9-11-45-17-21)38-18-39-33(22)47-29-8-5-19(12-24(29)37)13-28(42)32-26-4-2-3-10-40(26)41(34(32)43)27-14-20(35)6-7-23(27)36/h5-8,12,14-16,18,21H,2-4,9-11,13,17H2,1H3/t21-/m1/s1. The third-order valence-electron chi connectivity index (χ3n) is 8.33. The van der Waals surface area contributed by atoms with Crippen molar-refractivity contribution in [1.29, 1.82) is 0 Å². The lowest BCUT2D eigenvalue weighted by atomic mass is 9.99. The molecule has 0 saturated carbocycles. The Morgan fingerprint density at radius 3 is 2.66 bits per heavy atom. The highest BCUT2D eigenvalue weighted by Gasteiger charge is 2.29. The van der Waals surface area contributed by atoms with E-state index in [-0.39, 0.29) is 35.4 Å². The summed E-state index contributed by atoms with van der Waals surface area (Å²) in [5, 5.41) is 0.461. The number of aromatic nitrogens is 4. The minimum Gasteiger partial charge on any atom is -0.493 e. The normalized spacial score (nSPS) is 15.9. The Morgan fingerprint density at radius 1 is 1.00 bits per heavy atom. The maximum Gasteiger partial charge on any atom is 0.282 e. The molecule has 10 nitrogen and oxygen atoms in total. The van der Waals surface area contributed by atoms with E-state index in [1.165, 1.54) is 30.3 Å². The first-order valence-electron chi connectivity index (χ1n) is 15.2. The van der Waals surface area contributed by atoms with Crippen LogP contribution in [0.2, 0.25) is 0 Å². The van der Waals surface area contributed by atoms with Crippen molar-refractivity contribution in [3.8, 4) is 28.8 Å². The minimum absolute atomic E-state index is 0.0809. The van der Waals surface area contributed by atoms with Crippen LogP contribution in [-0.2, 0) is 24.1 Å². The van der Waals surface area contributed by atoms with Crippen molar-refractivity contribution in [1.82, 2.24) is 19.3 Å². The molecule has 0 aliphatic carbocycles. The van der Waals surface area contributed by atoms with Crippen molar-refractivity contribution in [3.05, 3.63) is 99.5 Å². The molecule has 5 aromatic rings. The van der Waals surface area contributed by atoms with Crippen LogP contribution in [0.4, 0.5) is 13.2 Å². The zero-order chi connectivity index (χ0) is 32.7. The van der Waals surface area contributed by atoms with Gasteiger partial charge in [-0.2, -0.15) is 0 Å². The molecule has 1 saturated heterocycles. The van der Waals surface area contributed by atoms with Crippen molar-refractivity contribution < 1.29 is 36.9 Å². The predicted octanol–water partition coefficient (Wildman–Crippen LogP) is 5.73. The molecule has 2 aliphatic rings. The average Bonchev–Trinajstić information content (AvgIpc) is 3.68. The summed E-state index contributed by atoms with van der Waals surface area (Å²) in [5.41, 5.74) is 0.114. The molecule has 0 unspecified atom stereocenters. The Balaban J connectivity index is 1.15. The smallest absolute Gasteiger partial charge is 0.282 e. The number of benzene rings is 3. The van der Waals surface area contributed by atoms with Gasteiger partial charge < -0.3 is 18.9 Å². The lowest BCUT2D eigenvalue weighted by Crippen LogP contribution is -2.25. The van der Waals surface area contributed by atoms with Crippen molar-refractivity contribution in [2.75, 3.05) is 20.3 Å². The monoisotopic (exact) mass is 646 g/mol. The van der Waals surface area contributed by atoms with Crippen LogP contribution in [0.25, 0.3) is 16.6 Å². The molecular formula is C34H29F3N4O6. The number of halogens is 3. The third kappa shape index (κ3) is 5.82. The second kappa shape index (κ2) is 12.6. The van der Waals surface area contributed by atoms with E-state index in [2.05, 4.69) is 9.97 Å². The highest BCUT2D eigenvalue weighted by atomic mass is 19.1. The maximum atomic E-state index is 15.4. The number of ketones is 1. The zero-order valence-electron chi connectivity index (χ0n) is 25.3. The molecule has 2 aromatic heterocycles. The summed E-state index contributed by atoms with van der Waals surface area (Å²) in [5.74, 6) is -1.98. The SMILES string of the molecule is COc1cc2c(Oc3ccc(CC(=O)c4c5n(n(-c6cc(F)ccc6F)c4=O)CCCC5)cc3F)ncnc2cc1O[C@@H]1CCOC1. The Labute approximate surface area is 266 Å². The first kappa shape index (κ1) is 30.5. The first-order valence-corrected chi connectivity index (χ1v) is 15.2. The lowest BCUT2D eigenvalue weighted by molar-refractivity contribution is 0.0990. The first-order chi connectivity index (χ1) is 22.8. The Kier molecular flexibility index (Phi) is 8.14. The van der Waals surface area contributed by atoms with Gasteiger partial charge in [-0.15, -0.1) is 0 Å². The molecule has 0 bridgehead atoms. The number of fused-ring (bicyclic) bond motifs is 2. The van der Waals surface area contributed by atoms with Crippen LogP contribution in [0.5, 0.6) is 23.1 Å². The van der Waals surface area contributed by atoms with E-state index >= 15 is 4.39 Å². The second-order valence-electron chi connectivity index (χ2n) is 11.4. The van der Waals surface area contributed by atoms with Crippen LogP contribution in [-0.4, -0.2) is 51.5 Å². The summed E-state index contributed by atoms with van der Waals surface area (Å²) in [7, 11) is 1.50. The molecule has 1 fully saturated rings. The van der Waals surface area contributed by atoms with Crippen LogP contribution in [0.1, 0.15) is 40.9 Å². The summed E-state index contributed by atoms with van der Waals surface area (Å²) in [6.45, 7) is 1.45. The van der Waals surface area contributed by atoms with E-state index in [4.69, 9.17) is 18.9 Å². The van der Waals surface area contributed by atoms with E-state index in [1.54, 1.807) is 12.1 Å². The van der Waals surface area contributed by atoms with Crippen LogP contribution in [0.3, 0.4) is 0 Å². The second-order valence-corrected chi connectivity index (χ2v) is 11.4. The lowest BCUT2D eigenvalue weighted by Gasteiger charge is -2.19.